The van der Waals surface area contributed by atoms with Crippen molar-refractivity contribution in [1.82, 2.24) is 0 Å². The molecule has 0 saturated carbocycles. The lowest BCUT2D eigenvalue weighted by Crippen LogP contribution is -2.13. The average Bonchev–Trinajstić information content (AvgIpc) is 2.73. The number of cyclic esters (lactones) is 2. The predicted octanol–water partition coefficient (Wildman–Crippen LogP) is 1.23. The van der Waals surface area contributed by atoms with Crippen LogP contribution in [0.25, 0.3) is 0 Å². The molecule has 21 heavy (non-hydrogen) atoms. The fourth-order valence-corrected chi connectivity index (χ4v) is 1.56. The van der Waals surface area contributed by atoms with Crippen LogP contribution in [-0.2, 0) is 19.0 Å². The molecule has 1 aliphatic heterocycles. The number of fused-ring (bicyclic) bond motifs is 1. The Balaban J connectivity index is 2.03. The van der Waals surface area contributed by atoms with E-state index < -0.39 is 30.7 Å². The van der Waals surface area contributed by atoms with Gasteiger partial charge in [0.1, 0.15) is 0 Å². The number of carbonyl (C=O) groups excluding carboxylic acids is 4. The van der Waals surface area contributed by atoms with E-state index in [0.29, 0.717) is 0 Å². The Bertz CT molecular complexity index is 672. The van der Waals surface area contributed by atoms with Gasteiger partial charge in [-0.3, -0.25) is 0 Å². The molecule has 108 valence electrons. The standard InChI is InChI=1S/C14H10O7/c1-7(2)11(15)19-6-20-12(16)8-3-4-9-10(5-8)14(18)21-13(9)17/h3-5H,1,6H2,2H3. The third kappa shape index (κ3) is 2.97. The summed E-state index contributed by atoms with van der Waals surface area (Å²) < 4.78 is 13.7. The summed E-state index contributed by atoms with van der Waals surface area (Å²) in [6.07, 6.45) is 0. The molecule has 1 aliphatic rings. The SMILES string of the molecule is C=C(C)C(=O)OCOC(=O)c1ccc2c(c1)C(=O)OC2=O. The minimum Gasteiger partial charge on any atom is -0.425 e. The Morgan fingerprint density at radius 1 is 1.14 bits per heavy atom. The van der Waals surface area contributed by atoms with Crippen molar-refractivity contribution in [3.63, 3.8) is 0 Å². The molecule has 2 rings (SSSR count). The molecule has 0 atom stereocenters. The Morgan fingerprint density at radius 2 is 1.81 bits per heavy atom. The average molecular weight is 290 g/mol. The van der Waals surface area contributed by atoms with Gasteiger partial charge >= 0.3 is 23.9 Å². The van der Waals surface area contributed by atoms with E-state index in [4.69, 9.17) is 4.74 Å². The molecule has 0 radical (unpaired) electrons. The fraction of sp³-hybridized carbons (Fsp3) is 0.143. The number of benzene rings is 1. The highest BCUT2D eigenvalue weighted by atomic mass is 16.7. The number of hydrogen-bond donors (Lipinski definition) is 0. The van der Waals surface area contributed by atoms with Crippen molar-refractivity contribution in [2.45, 2.75) is 6.92 Å². The molecule has 0 amide bonds. The zero-order chi connectivity index (χ0) is 15.6. The molecular formula is C14H10O7. The summed E-state index contributed by atoms with van der Waals surface area (Å²) >= 11 is 0. The lowest BCUT2D eigenvalue weighted by molar-refractivity contribution is -0.147. The summed E-state index contributed by atoms with van der Waals surface area (Å²) in [5.74, 6) is -3.07. The van der Waals surface area contributed by atoms with Crippen LogP contribution in [0.5, 0.6) is 0 Å². The quantitative estimate of drug-likeness (QED) is 0.356. The summed E-state index contributed by atoms with van der Waals surface area (Å²) in [5.41, 5.74) is 0.287. The highest BCUT2D eigenvalue weighted by Crippen LogP contribution is 2.21. The van der Waals surface area contributed by atoms with Gasteiger partial charge in [0, 0.05) is 5.57 Å². The number of hydrogen-bond acceptors (Lipinski definition) is 7. The van der Waals surface area contributed by atoms with Crippen LogP contribution >= 0.6 is 0 Å². The first-order valence-electron chi connectivity index (χ1n) is 5.80. The summed E-state index contributed by atoms with van der Waals surface area (Å²) in [6.45, 7) is 4.24. The number of carbonyl (C=O) groups is 4. The van der Waals surface area contributed by atoms with Gasteiger partial charge in [0.15, 0.2) is 0 Å². The van der Waals surface area contributed by atoms with Gasteiger partial charge in [0.05, 0.1) is 16.7 Å². The van der Waals surface area contributed by atoms with E-state index in [0.717, 1.165) is 0 Å². The van der Waals surface area contributed by atoms with Crippen LogP contribution in [0, 0.1) is 0 Å². The minimum absolute atomic E-state index is 0.00613. The smallest absolute Gasteiger partial charge is 0.346 e. The Labute approximate surface area is 119 Å². The summed E-state index contributed by atoms with van der Waals surface area (Å²) in [6, 6.07) is 3.78. The van der Waals surface area contributed by atoms with E-state index >= 15 is 0 Å². The van der Waals surface area contributed by atoms with Crippen molar-refractivity contribution < 1.29 is 33.4 Å². The zero-order valence-electron chi connectivity index (χ0n) is 11.0. The summed E-state index contributed by atoms with van der Waals surface area (Å²) in [7, 11) is 0. The molecule has 0 aromatic heterocycles. The third-order valence-electron chi connectivity index (χ3n) is 2.61. The minimum atomic E-state index is -0.821. The molecular weight excluding hydrogens is 280 g/mol. The van der Waals surface area contributed by atoms with Crippen LogP contribution in [0.15, 0.2) is 30.4 Å². The van der Waals surface area contributed by atoms with Gasteiger partial charge in [-0.15, -0.1) is 0 Å². The second kappa shape index (κ2) is 5.58. The van der Waals surface area contributed by atoms with Crippen LogP contribution in [-0.4, -0.2) is 30.7 Å². The molecule has 0 bridgehead atoms. The van der Waals surface area contributed by atoms with Gasteiger partial charge < -0.3 is 14.2 Å². The van der Waals surface area contributed by atoms with E-state index in [2.05, 4.69) is 16.1 Å². The molecule has 0 N–H and O–H groups in total. The highest BCUT2D eigenvalue weighted by molar-refractivity contribution is 6.15. The molecule has 0 spiro atoms. The molecule has 1 aromatic rings. The largest absolute Gasteiger partial charge is 0.425 e. The van der Waals surface area contributed by atoms with Crippen molar-refractivity contribution in [1.29, 1.82) is 0 Å². The number of ether oxygens (including phenoxy) is 3. The Kier molecular flexibility index (Phi) is 3.84. The van der Waals surface area contributed by atoms with E-state index in [1.807, 2.05) is 0 Å². The predicted molar refractivity (Wildman–Crippen MR) is 67.4 cm³/mol. The molecule has 0 fully saturated rings. The van der Waals surface area contributed by atoms with Gasteiger partial charge in [0.25, 0.3) is 0 Å². The lowest BCUT2D eigenvalue weighted by Gasteiger charge is -2.06. The lowest BCUT2D eigenvalue weighted by atomic mass is 10.1. The summed E-state index contributed by atoms with van der Waals surface area (Å²) in [5, 5.41) is 0. The van der Waals surface area contributed by atoms with Gasteiger partial charge in [-0.05, 0) is 25.1 Å². The number of rotatable bonds is 4. The molecule has 7 heteroatoms. The van der Waals surface area contributed by atoms with Gasteiger partial charge in [-0.25, -0.2) is 19.2 Å². The topological polar surface area (TPSA) is 96.0 Å². The van der Waals surface area contributed by atoms with Gasteiger partial charge in [-0.1, -0.05) is 6.58 Å². The number of esters is 4. The van der Waals surface area contributed by atoms with E-state index in [-0.39, 0.29) is 22.3 Å². The van der Waals surface area contributed by atoms with Gasteiger partial charge in [0.2, 0.25) is 6.79 Å². The highest BCUT2D eigenvalue weighted by Gasteiger charge is 2.30. The maximum atomic E-state index is 11.7. The van der Waals surface area contributed by atoms with Crippen LogP contribution in [0.1, 0.15) is 38.0 Å². The summed E-state index contributed by atoms with van der Waals surface area (Å²) in [4.78, 5) is 45.4. The maximum absolute atomic E-state index is 11.7. The zero-order valence-corrected chi connectivity index (χ0v) is 11.0. The second-order valence-electron chi connectivity index (χ2n) is 4.20. The van der Waals surface area contributed by atoms with Crippen LogP contribution in [0.3, 0.4) is 0 Å². The Morgan fingerprint density at radius 3 is 2.48 bits per heavy atom. The molecule has 1 aromatic carbocycles. The van der Waals surface area contributed by atoms with Crippen LogP contribution in [0.2, 0.25) is 0 Å². The molecule has 0 unspecified atom stereocenters. The van der Waals surface area contributed by atoms with Gasteiger partial charge in [-0.2, -0.15) is 0 Å². The second-order valence-corrected chi connectivity index (χ2v) is 4.20. The van der Waals surface area contributed by atoms with E-state index in [1.54, 1.807) is 0 Å². The van der Waals surface area contributed by atoms with Crippen molar-refractivity contribution >= 4 is 23.9 Å². The van der Waals surface area contributed by atoms with Crippen LogP contribution < -0.4 is 0 Å². The van der Waals surface area contributed by atoms with Crippen LogP contribution in [0.4, 0.5) is 0 Å². The van der Waals surface area contributed by atoms with Crippen molar-refractivity contribution in [2.75, 3.05) is 6.79 Å². The maximum Gasteiger partial charge on any atom is 0.346 e. The van der Waals surface area contributed by atoms with E-state index in [9.17, 15) is 19.2 Å². The Hall–Kier alpha value is -2.96. The molecule has 1 heterocycles. The monoisotopic (exact) mass is 290 g/mol. The normalized spacial score (nSPS) is 12.4. The van der Waals surface area contributed by atoms with Crippen molar-refractivity contribution in [3.8, 4) is 0 Å². The molecule has 0 saturated heterocycles. The molecule has 0 aliphatic carbocycles. The first kappa shape index (κ1) is 14.4. The first-order chi connectivity index (χ1) is 9.90. The third-order valence-corrected chi connectivity index (χ3v) is 2.61. The fourth-order valence-electron chi connectivity index (χ4n) is 1.56. The molecule has 7 nitrogen and oxygen atoms in total. The van der Waals surface area contributed by atoms with Crippen molar-refractivity contribution in [2.24, 2.45) is 0 Å². The van der Waals surface area contributed by atoms with Crippen molar-refractivity contribution in [3.05, 3.63) is 47.0 Å². The van der Waals surface area contributed by atoms with E-state index in [1.165, 1.54) is 25.1 Å². The first-order valence-corrected chi connectivity index (χ1v) is 5.80.